The second-order valence-electron chi connectivity index (χ2n) is 26.4. The lowest BCUT2D eigenvalue weighted by atomic mass is 9.97. The smallest absolute Gasteiger partial charge is 0.220 e. The van der Waals surface area contributed by atoms with Crippen LogP contribution in [0.25, 0.3) is 0 Å². The van der Waals surface area contributed by atoms with Crippen molar-refractivity contribution in [2.45, 2.75) is 396 Å². The first-order chi connectivity index (χ1) is 44.1. The summed E-state index contributed by atoms with van der Waals surface area (Å²) in [6.45, 7) is 2.80. The molecule has 1 amide bonds. The summed E-state index contributed by atoms with van der Waals surface area (Å²) in [6.07, 6.45) is 63.8. The predicted molar refractivity (Wildman–Crippen MR) is 369 cm³/mol. The second kappa shape index (κ2) is 60.4. The molecule has 0 aromatic heterocycles. The van der Waals surface area contributed by atoms with Crippen LogP contribution in [-0.2, 0) is 23.7 Å². The van der Waals surface area contributed by atoms with Crippen LogP contribution in [0.1, 0.15) is 322 Å². The molecule has 2 fully saturated rings. The van der Waals surface area contributed by atoms with Gasteiger partial charge in [-0.15, -0.1) is 0 Å². The molecular formula is C76H139NO13. The summed E-state index contributed by atoms with van der Waals surface area (Å²) in [6, 6.07) is -0.832. The average molecular weight is 1270 g/mol. The molecule has 14 nitrogen and oxygen atoms in total. The number of unbranched alkanes of at least 4 members (excludes halogenated alkanes) is 39. The Hall–Kier alpha value is -2.31. The molecule has 2 saturated heterocycles. The maximum atomic E-state index is 13.4. The van der Waals surface area contributed by atoms with E-state index in [-0.39, 0.29) is 12.5 Å². The molecule has 90 heavy (non-hydrogen) atoms. The number of carbonyl (C=O) groups is 1. The number of rotatable bonds is 62. The summed E-state index contributed by atoms with van der Waals surface area (Å²) in [5, 5.41) is 87.8. The largest absolute Gasteiger partial charge is 0.394 e. The monoisotopic (exact) mass is 1270 g/mol. The normalized spacial score (nSPS) is 23.2. The molecular weight excluding hydrogens is 1130 g/mol. The number of ether oxygens (including phenoxy) is 4. The van der Waals surface area contributed by atoms with E-state index in [2.05, 4.69) is 79.9 Å². The highest BCUT2D eigenvalue weighted by atomic mass is 16.7. The number of hydrogen-bond donors (Lipinski definition) is 9. The summed E-state index contributed by atoms with van der Waals surface area (Å²) in [7, 11) is 0. The first-order valence-corrected chi connectivity index (χ1v) is 37.5. The molecule has 0 radical (unpaired) electrons. The molecule has 2 aliphatic heterocycles. The van der Waals surface area contributed by atoms with Crippen molar-refractivity contribution in [3.63, 3.8) is 0 Å². The fourth-order valence-corrected chi connectivity index (χ4v) is 12.3. The number of aliphatic hydroxyl groups is 8. The highest BCUT2D eigenvalue weighted by Crippen LogP contribution is 2.30. The van der Waals surface area contributed by atoms with Gasteiger partial charge < -0.3 is 65.1 Å². The molecule has 12 unspecified atom stereocenters. The van der Waals surface area contributed by atoms with Crippen molar-refractivity contribution in [2.24, 2.45) is 0 Å². The van der Waals surface area contributed by atoms with Crippen LogP contribution in [0.5, 0.6) is 0 Å². The van der Waals surface area contributed by atoms with Gasteiger partial charge in [-0.1, -0.05) is 319 Å². The summed E-state index contributed by atoms with van der Waals surface area (Å²) >= 11 is 0. The quantitative estimate of drug-likeness (QED) is 0.0204. The molecule has 526 valence electrons. The fourth-order valence-electron chi connectivity index (χ4n) is 12.3. The van der Waals surface area contributed by atoms with Gasteiger partial charge in [0.1, 0.15) is 48.8 Å². The lowest BCUT2D eigenvalue weighted by Gasteiger charge is -2.46. The second-order valence-corrected chi connectivity index (χ2v) is 26.4. The minimum absolute atomic E-state index is 0.204. The van der Waals surface area contributed by atoms with Gasteiger partial charge in [0.2, 0.25) is 5.91 Å². The van der Waals surface area contributed by atoms with Gasteiger partial charge in [-0.05, 0) is 57.8 Å². The molecule has 0 spiro atoms. The van der Waals surface area contributed by atoms with Gasteiger partial charge in [0.05, 0.1) is 32.0 Å². The van der Waals surface area contributed by atoms with Gasteiger partial charge in [0, 0.05) is 6.42 Å². The molecule has 0 aliphatic carbocycles. The standard InChI is InChI=1S/C76H139NO13/c1-3-5-7-9-11-13-15-17-19-21-23-25-27-29-30-31-32-33-34-36-38-40-42-44-46-48-50-52-54-56-58-60-68(81)77-64(63-87-75-73(86)71(84)74(67(62-79)89-75)90-76-72(85)70(83)69(82)66(61-78)88-76)65(80)59-57-55-53-51-49-47-45-43-41-39-37-35-28-26-24-22-20-18-16-14-12-10-8-6-4-2/h5,7,11,13,17,19,23,25,29-30,64-67,69-76,78-80,82-86H,3-4,6,8-10,12,14-16,18,20-22,24,26-28,31-63H2,1-2H3,(H,77,81)/b7-5-,13-11-,19-17-,25-23-,30-29-. The van der Waals surface area contributed by atoms with Crippen molar-refractivity contribution in [3.8, 4) is 0 Å². The number of amides is 1. The maximum absolute atomic E-state index is 13.4. The Morgan fingerprint density at radius 3 is 1.18 bits per heavy atom. The highest BCUT2D eigenvalue weighted by Gasteiger charge is 2.51. The summed E-state index contributed by atoms with van der Waals surface area (Å²) in [5.74, 6) is -0.204. The minimum Gasteiger partial charge on any atom is -0.394 e. The topological polar surface area (TPSA) is 228 Å². The third-order valence-electron chi connectivity index (χ3n) is 18.2. The Morgan fingerprint density at radius 1 is 0.411 bits per heavy atom. The Kier molecular flexibility index (Phi) is 56.2. The Labute approximate surface area is 549 Å². The Bertz CT molecular complexity index is 1740. The first-order valence-electron chi connectivity index (χ1n) is 37.5. The number of allylic oxidation sites excluding steroid dienone is 10. The van der Waals surface area contributed by atoms with Gasteiger partial charge >= 0.3 is 0 Å². The highest BCUT2D eigenvalue weighted by molar-refractivity contribution is 5.76. The van der Waals surface area contributed by atoms with Gasteiger partial charge in [0.15, 0.2) is 12.6 Å². The van der Waals surface area contributed by atoms with E-state index in [0.29, 0.717) is 12.8 Å². The lowest BCUT2D eigenvalue weighted by molar-refractivity contribution is -0.359. The van der Waals surface area contributed by atoms with Gasteiger partial charge in [0.25, 0.3) is 0 Å². The van der Waals surface area contributed by atoms with E-state index in [9.17, 15) is 45.6 Å². The van der Waals surface area contributed by atoms with Crippen LogP contribution in [-0.4, -0.2) is 140 Å². The molecule has 0 saturated carbocycles. The molecule has 2 heterocycles. The number of nitrogens with one attached hydrogen (secondary N) is 1. The average Bonchev–Trinajstić information content (AvgIpc) is 1.42. The van der Waals surface area contributed by atoms with E-state index in [0.717, 1.165) is 83.5 Å². The van der Waals surface area contributed by atoms with E-state index in [4.69, 9.17) is 18.9 Å². The Balaban J connectivity index is 1.64. The third-order valence-corrected chi connectivity index (χ3v) is 18.2. The van der Waals surface area contributed by atoms with Crippen molar-refractivity contribution in [2.75, 3.05) is 19.8 Å². The zero-order valence-electron chi connectivity index (χ0n) is 57.4. The van der Waals surface area contributed by atoms with E-state index in [1.807, 2.05) is 0 Å². The van der Waals surface area contributed by atoms with Gasteiger partial charge in [-0.3, -0.25) is 4.79 Å². The summed E-state index contributed by atoms with van der Waals surface area (Å²) in [4.78, 5) is 13.4. The van der Waals surface area contributed by atoms with E-state index in [1.54, 1.807) is 0 Å². The molecule has 12 atom stereocenters. The van der Waals surface area contributed by atoms with Crippen LogP contribution in [0.3, 0.4) is 0 Å². The molecule has 0 bridgehead atoms. The lowest BCUT2D eigenvalue weighted by Crippen LogP contribution is -2.65. The van der Waals surface area contributed by atoms with Crippen molar-refractivity contribution in [1.29, 1.82) is 0 Å². The van der Waals surface area contributed by atoms with E-state index < -0.39 is 86.8 Å². The van der Waals surface area contributed by atoms with Crippen LogP contribution >= 0.6 is 0 Å². The number of aliphatic hydroxyl groups excluding tert-OH is 8. The molecule has 0 aromatic rings. The molecule has 2 aliphatic rings. The third kappa shape index (κ3) is 43.6. The zero-order chi connectivity index (χ0) is 65.2. The van der Waals surface area contributed by atoms with Crippen molar-refractivity contribution in [3.05, 3.63) is 60.8 Å². The van der Waals surface area contributed by atoms with Gasteiger partial charge in [-0.25, -0.2) is 0 Å². The summed E-state index contributed by atoms with van der Waals surface area (Å²) < 4.78 is 23.0. The molecule has 14 heteroatoms. The number of carbonyl (C=O) groups excluding carboxylic acids is 1. The maximum Gasteiger partial charge on any atom is 0.220 e. The van der Waals surface area contributed by atoms with Crippen molar-refractivity contribution < 1.29 is 64.6 Å². The van der Waals surface area contributed by atoms with Crippen molar-refractivity contribution in [1.82, 2.24) is 5.32 Å². The SMILES string of the molecule is CC/C=C\C/C=C\C/C=C\C/C=C\C/C=C\CCCCCCCCCCCCCCCCCC(=O)NC(COC1OC(CO)C(OC2OC(CO)C(O)C(O)C2O)C(O)C1O)C(O)CCCCCCCCCCCCCCCCCCCCCCCCCCC. The van der Waals surface area contributed by atoms with Crippen LogP contribution < -0.4 is 5.32 Å². The first kappa shape index (κ1) is 83.8. The van der Waals surface area contributed by atoms with Crippen LogP contribution in [0.15, 0.2) is 60.8 Å². The zero-order valence-corrected chi connectivity index (χ0v) is 57.4. The molecule has 2 rings (SSSR count). The van der Waals surface area contributed by atoms with Crippen LogP contribution in [0, 0.1) is 0 Å². The Morgan fingerprint density at radius 2 is 0.767 bits per heavy atom. The summed E-state index contributed by atoms with van der Waals surface area (Å²) in [5.41, 5.74) is 0. The molecule has 0 aromatic carbocycles. The van der Waals surface area contributed by atoms with Crippen molar-refractivity contribution >= 4 is 5.91 Å². The number of hydrogen-bond acceptors (Lipinski definition) is 13. The van der Waals surface area contributed by atoms with E-state index >= 15 is 0 Å². The molecule has 9 N–H and O–H groups in total. The van der Waals surface area contributed by atoms with Gasteiger partial charge in [-0.2, -0.15) is 0 Å². The minimum atomic E-state index is -1.78. The van der Waals surface area contributed by atoms with Crippen LogP contribution in [0.2, 0.25) is 0 Å². The predicted octanol–water partition coefficient (Wildman–Crippen LogP) is 16.0. The van der Waals surface area contributed by atoms with E-state index in [1.165, 1.54) is 212 Å². The van der Waals surface area contributed by atoms with Crippen LogP contribution in [0.4, 0.5) is 0 Å². The fraction of sp³-hybridized carbons (Fsp3) is 0.855.